The Morgan fingerprint density at radius 2 is 1.79 bits per heavy atom. The van der Waals surface area contributed by atoms with Gasteiger partial charge >= 0.3 is 17.9 Å². The molecular weight excluding hydrogens is 370 g/mol. The largest absolute Gasteiger partial charge is 0.469 e. The summed E-state index contributed by atoms with van der Waals surface area (Å²) in [5.41, 5.74) is 0. The van der Waals surface area contributed by atoms with Gasteiger partial charge in [0, 0.05) is 25.7 Å². The molecule has 1 fully saturated rings. The summed E-state index contributed by atoms with van der Waals surface area (Å²) in [7, 11) is 1.37. The summed E-state index contributed by atoms with van der Waals surface area (Å²) in [5.74, 6) is -5.12. The van der Waals surface area contributed by atoms with Crippen LogP contribution in [-0.2, 0) is 23.9 Å². The number of carbonyl (C=O) groups is 3. The maximum absolute atomic E-state index is 13.5. The Hall–Kier alpha value is -1.79. The van der Waals surface area contributed by atoms with Crippen molar-refractivity contribution < 1.29 is 32.6 Å². The second-order valence-corrected chi connectivity index (χ2v) is 7.36. The number of hydrogen-bond acceptors (Lipinski definition) is 5. The van der Waals surface area contributed by atoms with Gasteiger partial charge in [-0.15, -0.1) is 0 Å². The summed E-state index contributed by atoms with van der Waals surface area (Å²) >= 11 is 0. The number of ether oxygens (including phenoxy) is 2. The second kappa shape index (κ2) is 11.9. The number of rotatable bonds is 12. The van der Waals surface area contributed by atoms with E-state index in [2.05, 4.69) is 4.74 Å². The van der Waals surface area contributed by atoms with Crippen LogP contribution in [0.15, 0.2) is 12.2 Å². The molecule has 5 nitrogen and oxygen atoms in total. The molecule has 7 heteroatoms. The van der Waals surface area contributed by atoms with E-state index in [4.69, 9.17) is 4.74 Å². The van der Waals surface area contributed by atoms with Crippen molar-refractivity contribution in [3.05, 3.63) is 12.2 Å². The molecule has 28 heavy (non-hydrogen) atoms. The van der Waals surface area contributed by atoms with Crippen LogP contribution in [0.25, 0.3) is 0 Å². The highest BCUT2D eigenvalue weighted by atomic mass is 19.3. The fraction of sp³-hybridized carbons (Fsp3) is 0.762. The fourth-order valence-electron chi connectivity index (χ4n) is 3.67. The van der Waals surface area contributed by atoms with Gasteiger partial charge < -0.3 is 9.47 Å². The van der Waals surface area contributed by atoms with Crippen LogP contribution in [0.1, 0.15) is 71.6 Å². The molecule has 1 unspecified atom stereocenters. The van der Waals surface area contributed by atoms with E-state index in [-0.39, 0.29) is 29.9 Å². The Morgan fingerprint density at radius 1 is 1.11 bits per heavy atom. The molecule has 0 aromatic heterocycles. The normalized spacial score (nSPS) is 22.4. The van der Waals surface area contributed by atoms with Crippen LogP contribution in [0.4, 0.5) is 8.78 Å². The van der Waals surface area contributed by atoms with E-state index >= 15 is 0 Å². The average molecular weight is 402 g/mol. The SMILES string of the molecule is CCC(F)(F)C(=O)C=C[C@H]1CC[C@H](OC(C)=O)C1CCCCCCC(=O)OC. The number of halogens is 2. The molecule has 160 valence electrons. The quantitative estimate of drug-likeness (QED) is 0.270. The summed E-state index contributed by atoms with van der Waals surface area (Å²) in [6.07, 6.45) is 7.79. The summed E-state index contributed by atoms with van der Waals surface area (Å²) in [5, 5.41) is 0. The molecule has 3 atom stereocenters. The Bertz CT molecular complexity index is 559. The van der Waals surface area contributed by atoms with Gasteiger partial charge in [0.25, 0.3) is 0 Å². The first-order valence-corrected chi connectivity index (χ1v) is 10.1. The van der Waals surface area contributed by atoms with Gasteiger partial charge in [0.15, 0.2) is 0 Å². The molecule has 0 spiro atoms. The number of ketones is 1. The van der Waals surface area contributed by atoms with Crippen LogP contribution in [0.3, 0.4) is 0 Å². The van der Waals surface area contributed by atoms with Crippen LogP contribution in [0.2, 0.25) is 0 Å². The maximum atomic E-state index is 13.5. The first-order valence-electron chi connectivity index (χ1n) is 10.1. The predicted octanol–water partition coefficient (Wildman–Crippen LogP) is 4.63. The third-order valence-corrected chi connectivity index (χ3v) is 5.32. The van der Waals surface area contributed by atoms with E-state index in [1.165, 1.54) is 21.0 Å². The number of hydrogen-bond donors (Lipinski definition) is 0. The molecule has 0 bridgehead atoms. The Kier molecular flexibility index (Phi) is 10.3. The molecule has 1 rings (SSSR count). The zero-order chi connectivity index (χ0) is 21.2. The third kappa shape index (κ3) is 8.07. The highest BCUT2D eigenvalue weighted by Gasteiger charge is 2.38. The van der Waals surface area contributed by atoms with Gasteiger partial charge in [-0.2, -0.15) is 8.78 Å². The highest BCUT2D eigenvalue weighted by molar-refractivity contribution is 5.95. The van der Waals surface area contributed by atoms with Crippen LogP contribution in [0.5, 0.6) is 0 Å². The molecule has 0 N–H and O–H groups in total. The minimum Gasteiger partial charge on any atom is -0.469 e. The molecule has 0 aromatic carbocycles. The van der Waals surface area contributed by atoms with Crippen molar-refractivity contribution in [1.82, 2.24) is 0 Å². The highest BCUT2D eigenvalue weighted by Crippen LogP contribution is 2.39. The number of allylic oxidation sites excluding steroid dienone is 2. The molecule has 0 radical (unpaired) electrons. The van der Waals surface area contributed by atoms with Crippen molar-refractivity contribution in [3.8, 4) is 0 Å². The third-order valence-electron chi connectivity index (χ3n) is 5.32. The molecule has 0 saturated heterocycles. The van der Waals surface area contributed by atoms with Crippen molar-refractivity contribution in [1.29, 1.82) is 0 Å². The van der Waals surface area contributed by atoms with Crippen molar-refractivity contribution in [2.45, 2.75) is 83.7 Å². The van der Waals surface area contributed by atoms with Gasteiger partial charge in [0.05, 0.1) is 7.11 Å². The summed E-state index contributed by atoms with van der Waals surface area (Å²) in [6, 6.07) is 0. The lowest BCUT2D eigenvalue weighted by Crippen LogP contribution is -2.26. The average Bonchev–Trinajstić information content (AvgIpc) is 3.02. The van der Waals surface area contributed by atoms with Gasteiger partial charge in [-0.05, 0) is 37.7 Å². The number of carbonyl (C=O) groups excluding carboxylic acids is 3. The van der Waals surface area contributed by atoms with Crippen LogP contribution >= 0.6 is 0 Å². The molecular formula is C21H32F2O5. The standard InChI is InChI=1S/C21H32F2O5/c1-4-21(22,23)19(25)14-12-16-11-13-18(28-15(2)24)17(16)9-7-5-6-8-10-20(26)27-3/h12,14,16-18H,4-11,13H2,1-3H3/t16-,17?,18+/m1/s1. The maximum Gasteiger partial charge on any atom is 0.308 e. The Morgan fingerprint density at radius 3 is 2.39 bits per heavy atom. The van der Waals surface area contributed by atoms with Crippen LogP contribution in [-0.4, -0.2) is 36.9 Å². The molecule has 0 amide bonds. The van der Waals surface area contributed by atoms with E-state index < -0.39 is 18.1 Å². The fourth-order valence-corrected chi connectivity index (χ4v) is 3.67. The number of methoxy groups -OCH3 is 1. The first kappa shape index (κ1) is 24.2. The Labute approximate surface area is 165 Å². The molecule has 0 aliphatic heterocycles. The van der Waals surface area contributed by atoms with Crippen molar-refractivity contribution in [2.75, 3.05) is 7.11 Å². The van der Waals surface area contributed by atoms with Crippen molar-refractivity contribution in [2.24, 2.45) is 11.8 Å². The molecule has 0 heterocycles. The zero-order valence-electron chi connectivity index (χ0n) is 17.0. The minimum absolute atomic E-state index is 0.0174. The zero-order valence-corrected chi connectivity index (χ0v) is 17.0. The minimum atomic E-state index is -3.33. The monoisotopic (exact) mass is 402 g/mol. The summed E-state index contributed by atoms with van der Waals surface area (Å²) in [6.45, 7) is 2.64. The van der Waals surface area contributed by atoms with Crippen LogP contribution in [0, 0.1) is 11.8 Å². The lowest BCUT2D eigenvalue weighted by Gasteiger charge is -2.23. The van der Waals surface area contributed by atoms with Gasteiger partial charge in [0.1, 0.15) is 6.10 Å². The van der Waals surface area contributed by atoms with Crippen LogP contribution < -0.4 is 0 Å². The number of esters is 2. The van der Waals surface area contributed by atoms with E-state index in [1.807, 2.05) is 0 Å². The topological polar surface area (TPSA) is 69.7 Å². The number of unbranched alkanes of at least 4 members (excludes halogenated alkanes) is 3. The molecule has 1 saturated carbocycles. The van der Waals surface area contributed by atoms with Gasteiger partial charge in [-0.25, -0.2) is 0 Å². The van der Waals surface area contributed by atoms with Gasteiger partial charge in [0.2, 0.25) is 5.78 Å². The molecule has 1 aliphatic carbocycles. The van der Waals surface area contributed by atoms with E-state index in [9.17, 15) is 23.2 Å². The Balaban J connectivity index is 2.59. The smallest absolute Gasteiger partial charge is 0.308 e. The molecule has 0 aromatic rings. The van der Waals surface area contributed by atoms with E-state index in [0.29, 0.717) is 19.3 Å². The first-order chi connectivity index (χ1) is 13.2. The number of alkyl halides is 2. The van der Waals surface area contributed by atoms with E-state index in [0.717, 1.165) is 38.2 Å². The second-order valence-electron chi connectivity index (χ2n) is 7.36. The summed E-state index contributed by atoms with van der Waals surface area (Å²) in [4.78, 5) is 34.1. The van der Waals surface area contributed by atoms with Gasteiger partial charge in [-0.3, -0.25) is 14.4 Å². The van der Waals surface area contributed by atoms with Crippen molar-refractivity contribution >= 4 is 17.7 Å². The molecule has 1 aliphatic rings. The lowest BCUT2D eigenvalue weighted by atomic mass is 9.88. The van der Waals surface area contributed by atoms with Gasteiger partial charge in [-0.1, -0.05) is 32.3 Å². The lowest BCUT2D eigenvalue weighted by molar-refractivity contribution is -0.148. The predicted molar refractivity (Wildman–Crippen MR) is 101 cm³/mol. The van der Waals surface area contributed by atoms with Crippen molar-refractivity contribution in [3.63, 3.8) is 0 Å². The summed E-state index contributed by atoms with van der Waals surface area (Å²) < 4.78 is 36.9. The van der Waals surface area contributed by atoms with E-state index in [1.54, 1.807) is 6.08 Å².